The van der Waals surface area contributed by atoms with Gasteiger partial charge in [-0.2, -0.15) is 0 Å². The van der Waals surface area contributed by atoms with Gasteiger partial charge in [0, 0.05) is 20.8 Å². The number of carbonyl (C=O) groups is 1. The van der Waals surface area contributed by atoms with Crippen LogP contribution in [0, 0.1) is 11.6 Å². The van der Waals surface area contributed by atoms with Crippen LogP contribution >= 0.6 is 27.7 Å². The van der Waals surface area contributed by atoms with Gasteiger partial charge < -0.3 is 5.32 Å². The van der Waals surface area contributed by atoms with E-state index in [1.165, 1.54) is 36.0 Å². The Labute approximate surface area is 183 Å². The molecule has 0 aliphatic heterocycles. The Morgan fingerprint density at radius 2 is 1.70 bits per heavy atom. The minimum Gasteiger partial charge on any atom is -0.323 e. The van der Waals surface area contributed by atoms with Crippen molar-refractivity contribution in [3.05, 3.63) is 82.8 Å². The Balaban J connectivity index is 1.55. The Hall–Kier alpha value is -2.84. The molecule has 8 heteroatoms. The molecule has 4 nitrogen and oxygen atoms in total. The lowest BCUT2D eigenvalue weighted by atomic mass is 10.1. The average Bonchev–Trinajstić information content (AvgIpc) is 2.75. The van der Waals surface area contributed by atoms with Crippen LogP contribution in [0.4, 0.5) is 14.5 Å². The second kappa shape index (κ2) is 8.89. The van der Waals surface area contributed by atoms with Gasteiger partial charge in [-0.15, -0.1) is 10.2 Å². The van der Waals surface area contributed by atoms with Crippen LogP contribution < -0.4 is 5.32 Å². The quantitative estimate of drug-likeness (QED) is 0.348. The summed E-state index contributed by atoms with van der Waals surface area (Å²) < 4.78 is 27.8. The minimum atomic E-state index is -0.517. The van der Waals surface area contributed by atoms with Gasteiger partial charge in [0.1, 0.15) is 22.4 Å². The largest absolute Gasteiger partial charge is 0.323 e. The van der Waals surface area contributed by atoms with Crippen LogP contribution in [0.5, 0.6) is 0 Å². The number of amides is 1. The monoisotopic (exact) mass is 485 g/mol. The van der Waals surface area contributed by atoms with Crippen LogP contribution in [-0.2, 0) is 4.79 Å². The number of fused-ring (bicyclic) bond motifs is 1. The summed E-state index contributed by atoms with van der Waals surface area (Å²) in [6, 6.07) is 18.0. The fourth-order valence-electron chi connectivity index (χ4n) is 2.92. The fourth-order valence-corrected chi connectivity index (χ4v) is 4.02. The maximum Gasteiger partial charge on any atom is 0.234 e. The van der Waals surface area contributed by atoms with Crippen molar-refractivity contribution < 1.29 is 13.6 Å². The van der Waals surface area contributed by atoms with Gasteiger partial charge in [-0.1, -0.05) is 52.0 Å². The third kappa shape index (κ3) is 4.49. The number of thioether (sulfide) groups is 1. The van der Waals surface area contributed by atoms with Crippen molar-refractivity contribution in [3.8, 4) is 11.3 Å². The van der Waals surface area contributed by atoms with Crippen LogP contribution in [0.3, 0.4) is 0 Å². The smallest absolute Gasteiger partial charge is 0.234 e. The summed E-state index contributed by atoms with van der Waals surface area (Å²) in [5, 5.41) is 13.4. The first-order chi connectivity index (χ1) is 14.5. The molecule has 4 aromatic rings. The predicted molar refractivity (Wildman–Crippen MR) is 118 cm³/mol. The summed E-state index contributed by atoms with van der Waals surface area (Å²) in [6.07, 6.45) is 0. The van der Waals surface area contributed by atoms with Gasteiger partial charge in [0.05, 0.1) is 11.4 Å². The highest BCUT2D eigenvalue weighted by atomic mass is 79.9. The number of anilines is 1. The molecular weight excluding hydrogens is 472 g/mol. The third-order valence-corrected chi connectivity index (χ3v) is 5.79. The molecule has 0 atom stereocenters. The number of aromatic nitrogens is 2. The molecule has 1 amide bonds. The standard InChI is InChI=1S/C22H14BrF2N3OS/c23-14-7-10-19(18(25)11-14)26-20(29)12-30-22-17-4-2-1-3-16(17)21(27-28-22)13-5-8-15(24)9-6-13/h1-11H,12H2,(H,26,29). The molecule has 0 radical (unpaired) electrons. The number of hydrogen-bond donors (Lipinski definition) is 1. The van der Waals surface area contributed by atoms with E-state index in [2.05, 4.69) is 31.4 Å². The third-order valence-electron chi connectivity index (χ3n) is 4.32. The molecule has 0 spiro atoms. The van der Waals surface area contributed by atoms with Crippen LogP contribution in [0.2, 0.25) is 0 Å². The lowest BCUT2D eigenvalue weighted by Gasteiger charge is -2.10. The number of benzene rings is 3. The van der Waals surface area contributed by atoms with Crippen LogP contribution in [0.1, 0.15) is 0 Å². The van der Waals surface area contributed by atoms with E-state index in [-0.39, 0.29) is 23.2 Å². The van der Waals surface area contributed by atoms with Crippen molar-refractivity contribution in [1.29, 1.82) is 0 Å². The van der Waals surface area contributed by atoms with E-state index in [9.17, 15) is 13.6 Å². The number of rotatable bonds is 5. The van der Waals surface area contributed by atoms with Crippen molar-refractivity contribution in [2.45, 2.75) is 5.03 Å². The number of nitrogens with zero attached hydrogens (tertiary/aromatic N) is 2. The zero-order chi connectivity index (χ0) is 21.1. The molecule has 4 rings (SSSR count). The summed E-state index contributed by atoms with van der Waals surface area (Å²) in [5.41, 5.74) is 1.50. The first-order valence-electron chi connectivity index (χ1n) is 8.90. The van der Waals surface area contributed by atoms with E-state index in [1.807, 2.05) is 24.3 Å². The van der Waals surface area contributed by atoms with Gasteiger partial charge in [0.25, 0.3) is 0 Å². The number of carbonyl (C=O) groups excluding carboxylic acids is 1. The molecule has 0 aliphatic carbocycles. The summed E-state index contributed by atoms with van der Waals surface area (Å²) in [4.78, 5) is 12.3. The van der Waals surface area contributed by atoms with E-state index in [4.69, 9.17) is 0 Å². The summed E-state index contributed by atoms with van der Waals surface area (Å²) in [6.45, 7) is 0. The van der Waals surface area contributed by atoms with Gasteiger partial charge in [-0.05, 0) is 42.5 Å². The van der Waals surface area contributed by atoms with Gasteiger partial charge in [-0.3, -0.25) is 4.79 Å². The highest BCUT2D eigenvalue weighted by Crippen LogP contribution is 2.32. The fraction of sp³-hybridized carbons (Fsp3) is 0.0455. The number of nitrogens with one attached hydrogen (secondary N) is 1. The van der Waals surface area contributed by atoms with Gasteiger partial charge in [-0.25, -0.2) is 8.78 Å². The molecule has 0 bridgehead atoms. The molecular formula is C22H14BrF2N3OS. The summed E-state index contributed by atoms with van der Waals surface area (Å²) >= 11 is 4.40. The van der Waals surface area contributed by atoms with Crippen molar-refractivity contribution in [1.82, 2.24) is 10.2 Å². The molecule has 30 heavy (non-hydrogen) atoms. The van der Waals surface area contributed by atoms with Crippen LogP contribution in [0.15, 0.2) is 76.2 Å². The van der Waals surface area contributed by atoms with Gasteiger partial charge >= 0.3 is 0 Å². The molecule has 0 fully saturated rings. The first-order valence-corrected chi connectivity index (χ1v) is 10.7. The average molecular weight is 486 g/mol. The van der Waals surface area contributed by atoms with E-state index < -0.39 is 5.82 Å². The first kappa shape index (κ1) is 20.4. The maximum absolute atomic E-state index is 13.9. The van der Waals surface area contributed by atoms with Crippen molar-refractivity contribution >= 4 is 50.1 Å². The Morgan fingerprint density at radius 1 is 0.967 bits per heavy atom. The Bertz CT molecular complexity index is 1230. The summed E-state index contributed by atoms with van der Waals surface area (Å²) in [7, 11) is 0. The topological polar surface area (TPSA) is 54.9 Å². The zero-order valence-electron chi connectivity index (χ0n) is 15.4. The van der Waals surface area contributed by atoms with Gasteiger partial charge in [0.15, 0.2) is 0 Å². The van der Waals surface area contributed by atoms with Gasteiger partial charge in [0.2, 0.25) is 5.91 Å². The molecule has 1 N–H and O–H groups in total. The summed E-state index contributed by atoms with van der Waals surface area (Å²) in [5.74, 6) is -1.15. The molecule has 1 heterocycles. The highest BCUT2D eigenvalue weighted by molar-refractivity contribution is 9.10. The van der Waals surface area contributed by atoms with E-state index in [1.54, 1.807) is 18.2 Å². The number of hydrogen-bond acceptors (Lipinski definition) is 4. The van der Waals surface area contributed by atoms with Crippen molar-refractivity contribution in [2.75, 3.05) is 11.1 Å². The molecule has 0 aliphatic rings. The van der Waals surface area contributed by atoms with E-state index in [0.29, 0.717) is 15.2 Å². The van der Waals surface area contributed by atoms with Crippen molar-refractivity contribution in [2.24, 2.45) is 0 Å². The molecule has 1 aromatic heterocycles. The molecule has 0 saturated carbocycles. The molecule has 3 aromatic carbocycles. The van der Waals surface area contributed by atoms with Crippen LogP contribution in [0.25, 0.3) is 22.0 Å². The second-order valence-electron chi connectivity index (χ2n) is 6.37. The SMILES string of the molecule is O=C(CSc1nnc(-c2ccc(F)cc2)c2ccccc12)Nc1ccc(Br)cc1F. The van der Waals surface area contributed by atoms with E-state index in [0.717, 1.165) is 16.3 Å². The predicted octanol–water partition coefficient (Wildman–Crippen LogP) is 6.07. The molecule has 150 valence electrons. The lowest BCUT2D eigenvalue weighted by Crippen LogP contribution is -2.15. The number of halogens is 3. The van der Waals surface area contributed by atoms with E-state index >= 15 is 0 Å². The molecule has 0 saturated heterocycles. The lowest BCUT2D eigenvalue weighted by molar-refractivity contribution is -0.113. The molecule has 0 unspecified atom stereocenters. The maximum atomic E-state index is 13.9. The minimum absolute atomic E-state index is 0.0457. The Morgan fingerprint density at radius 3 is 2.43 bits per heavy atom. The van der Waals surface area contributed by atoms with Crippen molar-refractivity contribution in [3.63, 3.8) is 0 Å². The normalized spacial score (nSPS) is 10.9. The van der Waals surface area contributed by atoms with Crippen LogP contribution in [-0.4, -0.2) is 21.9 Å². The zero-order valence-corrected chi connectivity index (χ0v) is 17.8. The Kier molecular flexibility index (Phi) is 6.06. The highest BCUT2D eigenvalue weighted by Gasteiger charge is 2.14. The second-order valence-corrected chi connectivity index (χ2v) is 8.25.